The second-order valence-electron chi connectivity index (χ2n) is 6.68. The number of ether oxygens (including phenoxy) is 1. The fraction of sp³-hybridized carbons (Fsp3) is 0.647. The largest absolute Gasteiger partial charge is 0.395 e. The summed E-state index contributed by atoms with van der Waals surface area (Å²) in [7, 11) is -3.24. The number of piperazine rings is 1. The molecule has 2 aliphatic rings. The van der Waals surface area contributed by atoms with E-state index in [0.717, 1.165) is 31.7 Å². The highest BCUT2D eigenvalue weighted by Crippen LogP contribution is 2.18. The van der Waals surface area contributed by atoms with Gasteiger partial charge in [-0.25, -0.2) is 13.1 Å². The van der Waals surface area contributed by atoms with Gasteiger partial charge in [-0.05, 0) is 5.56 Å². The fourth-order valence-electron chi connectivity index (χ4n) is 3.54. The number of hydrogen-bond acceptors (Lipinski definition) is 6. The lowest BCUT2D eigenvalue weighted by molar-refractivity contribution is 0.0500. The van der Waals surface area contributed by atoms with Gasteiger partial charge in [-0.3, -0.25) is 9.80 Å². The summed E-state index contributed by atoms with van der Waals surface area (Å²) in [5.41, 5.74) is 1.08. The molecule has 25 heavy (non-hydrogen) atoms. The van der Waals surface area contributed by atoms with Crippen molar-refractivity contribution in [2.75, 3.05) is 51.7 Å². The summed E-state index contributed by atoms with van der Waals surface area (Å²) in [6, 6.07) is 9.61. The number of nitrogens with zero attached hydrogens (tertiary/aromatic N) is 2. The van der Waals surface area contributed by atoms with Crippen LogP contribution in [0.25, 0.3) is 0 Å². The van der Waals surface area contributed by atoms with Crippen LogP contribution in [0.5, 0.6) is 0 Å². The normalized spacial score (nSPS) is 27.6. The van der Waals surface area contributed by atoms with Crippen LogP contribution in [-0.4, -0.2) is 87.1 Å². The minimum atomic E-state index is -3.24. The van der Waals surface area contributed by atoms with Crippen LogP contribution in [-0.2, 0) is 21.4 Å². The molecule has 2 heterocycles. The number of nitrogens with one attached hydrogen (secondary N) is 1. The summed E-state index contributed by atoms with van der Waals surface area (Å²) in [5.74, 6) is 0.131. The molecule has 1 aromatic rings. The van der Waals surface area contributed by atoms with Gasteiger partial charge in [0, 0.05) is 38.8 Å². The zero-order valence-corrected chi connectivity index (χ0v) is 15.2. The van der Waals surface area contributed by atoms with Crippen molar-refractivity contribution in [3.05, 3.63) is 35.9 Å². The van der Waals surface area contributed by atoms with E-state index >= 15 is 0 Å². The minimum absolute atomic E-state index is 0.0583. The van der Waals surface area contributed by atoms with Crippen LogP contribution in [0.2, 0.25) is 0 Å². The summed E-state index contributed by atoms with van der Waals surface area (Å²) in [6.07, 6.45) is 0. The molecule has 7 nitrogen and oxygen atoms in total. The van der Waals surface area contributed by atoms with Gasteiger partial charge in [-0.2, -0.15) is 0 Å². The van der Waals surface area contributed by atoms with Crippen LogP contribution in [0.4, 0.5) is 0 Å². The highest BCUT2D eigenvalue weighted by Gasteiger charge is 2.41. The molecule has 0 aliphatic carbocycles. The van der Waals surface area contributed by atoms with Crippen molar-refractivity contribution in [2.24, 2.45) is 0 Å². The monoisotopic (exact) mass is 369 g/mol. The molecule has 2 fully saturated rings. The van der Waals surface area contributed by atoms with Gasteiger partial charge in [-0.1, -0.05) is 30.3 Å². The Balaban J connectivity index is 1.54. The van der Waals surface area contributed by atoms with E-state index in [1.165, 1.54) is 0 Å². The number of benzene rings is 1. The van der Waals surface area contributed by atoms with Crippen LogP contribution in [0, 0.1) is 0 Å². The molecular formula is C17H27N3O4S. The second-order valence-corrected chi connectivity index (χ2v) is 8.47. The molecule has 2 N–H and O–H groups in total. The predicted octanol–water partition coefficient (Wildman–Crippen LogP) is -0.517. The van der Waals surface area contributed by atoms with Crippen molar-refractivity contribution in [1.29, 1.82) is 0 Å². The number of aliphatic hydroxyl groups excluding tert-OH is 1. The number of hydrogen-bond donors (Lipinski definition) is 2. The van der Waals surface area contributed by atoms with E-state index < -0.39 is 10.0 Å². The summed E-state index contributed by atoms with van der Waals surface area (Å²) in [4.78, 5) is 4.44. The van der Waals surface area contributed by atoms with Gasteiger partial charge in [-0.15, -0.1) is 0 Å². The summed E-state index contributed by atoms with van der Waals surface area (Å²) < 4.78 is 32.6. The van der Waals surface area contributed by atoms with Crippen molar-refractivity contribution in [2.45, 2.75) is 18.7 Å². The molecule has 0 bridgehead atoms. The molecule has 140 valence electrons. The molecule has 8 heteroatoms. The quantitative estimate of drug-likeness (QED) is 0.673. The molecule has 2 saturated heterocycles. The first-order valence-corrected chi connectivity index (χ1v) is 10.4. The molecule has 3 rings (SSSR count). The maximum atomic E-state index is 12.1. The number of β-amino-alcohol motifs (C(OH)–C–C–N with tert-alkyl or cyclic N) is 1. The highest BCUT2D eigenvalue weighted by molar-refractivity contribution is 7.89. The molecule has 0 saturated carbocycles. The van der Waals surface area contributed by atoms with Gasteiger partial charge in [0.15, 0.2) is 0 Å². The van der Waals surface area contributed by atoms with Crippen LogP contribution in [0.15, 0.2) is 30.3 Å². The molecule has 0 amide bonds. The smallest absolute Gasteiger partial charge is 0.213 e. The molecule has 0 unspecified atom stereocenters. The van der Waals surface area contributed by atoms with Crippen molar-refractivity contribution in [3.63, 3.8) is 0 Å². The Morgan fingerprint density at radius 3 is 2.56 bits per heavy atom. The van der Waals surface area contributed by atoms with E-state index in [2.05, 4.69) is 14.5 Å². The third-order valence-corrected chi connectivity index (χ3v) is 6.33. The van der Waals surface area contributed by atoms with Crippen LogP contribution < -0.4 is 4.72 Å². The number of rotatable bonds is 7. The molecule has 2 atom stereocenters. The van der Waals surface area contributed by atoms with Gasteiger partial charge in [0.1, 0.15) is 0 Å². The van der Waals surface area contributed by atoms with Crippen molar-refractivity contribution in [3.8, 4) is 0 Å². The van der Waals surface area contributed by atoms with E-state index in [1.807, 2.05) is 30.3 Å². The molecule has 0 spiro atoms. The van der Waals surface area contributed by atoms with Crippen LogP contribution >= 0.6 is 0 Å². The lowest BCUT2D eigenvalue weighted by Gasteiger charge is -2.39. The Morgan fingerprint density at radius 2 is 1.88 bits per heavy atom. The maximum Gasteiger partial charge on any atom is 0.213 e. The molecular weight excluding hydrogens is 342 g/mol. The zero-order valence-electron chi connectivity index (χ0n) is 14.4. The first-order chi connectivity index (χ1) is 12.1. The van der Waals surface area contributed by atoms with Crippen molar-refractivity contribution < 1.29 is 18.3 Å². The Morgan fingerprint density at radius 1 is 1.16 bits per heavy atom. The summed E-state index contributed by atoms with van der Waals surface area (Å²) in [6.45, 7) is 5.04. The Kier molecular flexibility index (Phi) is 6.43. The third kappa shape index (κ3) is 5.22. The first kappa shape index (κ1) is 18.8. The van der Waals surface area contributed by atoms with Gasteiger partial charge >= 0.3 is 0 Å². The zero-order chi connectivity index (χ0) is 17.7. The summed E-state index contributed by atoms with van der Waals surface area (Å²) >= 11 is 0. The van der Waals surface area contributed by atoms with Gasteiger partial charge < -0.3 is 9.84 Å². The van der Waals surface area contributed by atoms with Gasteiger partial charge in [0.25, 0.3) is 0 Å². The third-order valence-electron chi connectivity index (χ3n) is 4.89. The topological polar surface area (TPSA) is 82.1 Å². The van der Waals surface area contributed by atoms with E-state index in [-0.39, 0.29) is 24.4 Å². The average molecular weight is 369 g/mol. The van der Waals surface area contributed by atoms with Gasteiger partial charge in [0.05, 0.1) is 31.6 Å². The highest BCUT2D eigenvalue weighted by atomic mass is 32.2. The fourth-order valence-corrected chi connectivity index (χ4v) is 5.22. The average Bonchev–Trinajstić information content (AvgIpc) is 2.92. The van der Waals surface area contributed by atoms with E-state index in [4.69, 9.17) is 9.84 Å². The van der Waals surface area contributed by atoms with Crippen LogP contribution in [0.3, 0.4) is 0 Å². The lowest BCUT2D eigenvalue weighted by atomic mass is 10.1. The minimum Gasteiger partial charge on any atom is -0.395 e. The van der Waals surface area contributed by atoms with Crippen molar-refractivity contribution >= 4 is 10.0 Å². The maximum absolute atomic E-state index is 12.1. The lowest BCUT2D eigenvalue weighted by Crippen LogP contribution is -2.55. The SMILES string of the molecule is O=S1(=O)C[C@@H](N2CCN(CCO)CC2)[C@H](COCc2ccccc2)N1. The van der Waals surface area contributed by atoms with Gasteiger partial charge in [0.2, 0.25) is 10.0 Å². The Bertz CT molecular complexity index is 633. The Hall–Kier alpha value is -1.03. The number of aliphatic hydroxyl groups is 1. The molecule has 0 aromatic heterocycles. The standard InChI is InChI=1S/C17H27N3O4S/c21-11-10-19-6-8-20(9-7-19)17-14-25(22,23)18-16(17)13-24-12-15-4-2-1-3-5-15/h1-5,16-18,21H,6-14H2/t16-,17+/m0/s1. The second kappa shape index (κ2) is 8.57. The molecule has 0 radical (unpaired) electrons. The van der Waals surface area contributed by atoms with E-state index in [1.54, 1.807) is 0 Å². The molecule has 1 aromatic carbocycles. The first-order valence-electron chi connectivity index (χ1n) is 8.76. The Labute approximate surface area is 149 Å². The van der Waals surface area contributed by atoms with E-state index in [0.29, 0.717) is 19.8 Å². The van der Waals surface area contributed by atoms with E-state index in [9.17, 15) is 8.42 Å². The van der Waals surface area contributed by atoms with Crippen LogP contribution in [0.1, 0.15) is 5.56 Å². The van der Waals surface area contributed by atoms with Crippen molar-refractivity contribution in [1.82, 2.24) is 14.5 Å². The predicted molar refractivity (Wildman–Crippen MR) is 95.7 cm³/mol. The number of sulfonamides is 1. The summed E-state index contributed by atoms with van der Waals surface area (Å²) in [5, 5.41) is 9.04. The molecule has 2 aliphatic heterocycles.